The van der Waals surface area contributed by atoms with Crippen molar-refractivity contribution in [3.05, 3.63) is 78.1 Å². The first kappa shape index (κ1) is 21.5. The molecule has 0 amide bonds. The van der Waals surface area contributed by atoms with Crippen LogP contribution in [0.25, 0.3) is 11.1 Å². The van der Waals surface area contributed by atoms with Crippen LogP contribution in [0, 0.1) is 11.7 Å². The molecule has 0 aromatic heterocycles. The van der Waals surface area contributed by atoms with Gasteiger partial charge < -0.3 is 19.5 Å². The Bertz CT molecular complexity index is 1010. The van der Waals surface area contributed by atoms with E-state index in [1.807, 2.05) is 30.3 Å². The Hall–Kier alpha value is -2.76. The molecule has 3 aromatic carbocycles. The van der Waals surface area contributed by atoms with E-state index in [4.69, 9.17) is 14.2 Å². The highest BCUT2D eigenvalue weighted by Gasteiger charge is 2.27. The molecular weight excluding hydrogens is 417 g/mol. The normalized spacial score (nSPS) is 19.5. The van der Waals surface area contributed by atoms with Crippen LogP contribution in [0.2, 0.25) is 0 Å². The molecule has 2 aliphatic rings. The van der Waals surface area contributed by atoms with Gasteiger partial charge in [0.1, 0.15) is 11.6 Å². The van der Waals surface area contributed by atoms with Crippen molar-refractivity contribution in [3.8, 4) is 28.4 Å². The Morgan fingerprint density at radius 1 is 0.903 bits per heavy atom. The first-order chi connectivity index (χ1) is 14.8. The largest absolute Gasteiger partial charge is 0.493 e. The highest BCUT2D eigenvalue weighted by Crippen LogP contribution is 2.36. The second kappa shape index (κ2) is 9.58. The van der Waals surface area contributed by atoms with Gasteiger partial charge in [0.25, 0.3) is 0 Å². The van der Waals surface area contributed by atoms with Gasteiger partial charge in [-0.1, -0.05) is 36.4 Å². The quantitative estimate of drug-likeness (QED) is 0.574. The zero-order valence-corrected chi connectivity index (χ0v) is 17.9. The highest BCUT2D eigenvalue weighted by molar-refractivity contribution is 5.85. The maximum atomic E-state index is 13.2. The molecule has 31 heavy (non-hydrogen) atoms. The number of piperidine rings is 1. The van der Waals surface area contributed by atoms with E-state index >= 15 is 0 Å². The van der Waals surface area contributed by atoms with Gasteiger partial charge in [0.2, 0.25) is 6.79 Å². The van der Waals surface area contributed by atoms with Crippen molar-refractivity contribution < 1.29 is 18.6 Å². The van der Waals surface area contributed by atoms with Crippen LogP contribution >= 0.6 is 12.4 Å². The molecule has 1 N–H and O–H groups in total. The fourth-order valence-corrected chi connectivity index (χ4v) is 4.27. The number of ether oxygens (including phenoxy) is 3. The molecule has 0 saturated carbocycles. The van der Waals surface area contributed by atoms with Crippen LogP contribution in [0.1, 0.15) is 17.9 Å². The molecule has 0 aliphatic carbocycles. The minimum absolute atomic E-state index is 0. The van der Waals surface area contributed by atoms with Crippen LogP contribution in [-0.2, 0) is 0 Å². The van der Waals surface area contributed by atoms with E-state index in [1.165, 1.54) is 17.7 Å². The van der Waals surface area contributed by atoms with Crippen molar-refractivity contribution in [2.24, 2.45) is 5.92 Å². The van der Waals surface area contributed by atoms with Crippen molar-refractivity contribution in [1.82, 2.24) is 5.32 Å². The van der Waals surface area contributed by atoms with E-state index in [0.29, 0.717) is 18.4 Å². The van der Waals surface area contributed by atoms with Crippen molar-refractivity contribution in [2.45, 2.75) is 12.3 Å². The summed E-state index contributed by atoms with van der Waals surface area (Å²) in [6.45, 7) is 2.83. The third-order valence-corrected chi connectivity index (χ3v) is 5.93. The summed E-state index contributed by atoms with van der Waals surface area (Å²) in [5.74, 6) is 2.90. The lowest BCUT2D eigenvalue weighted by Crippen LogP contribution is -2.38. The molecule has 4 nitrogen and oxygen atoms in total. The summed E-state index contributed by atoms with van der Waals surface area (Å²) in [6, 6.07) is 21.0. The summed E-state index contributed by atoms with van der Waals surface area (Å²) in [7, 11) is 0. The number of hydrogen-bond acceptors (Lipinski definition) is 4. The van der Waals surface area contributed by atoms with Gasteiger partial charge in [0.15, 0.2) is 11.5 Å². The molecule has 5 rings (SSSR count). The number of nitrogens with one attached hydrogen (secondary N) is 1. The molecule has 1 saturated heterocycles. The van der Waals surface area contributed by atoms with Gasteiger partial charge in [-0.05, 0) is 59.8 Å². The van der Waals surface area contributed by atoms with Gasteiger partial charge in [-0.3, -0.25) is 0 Å². The summed E-state index contributed by atoms with van der Waals surface area (Å²) in [5.41, 5.74) is 3.44. The average molecular weight is 442 g/mol. The molecular formula is C25H25ClFNO3. The van der Waals surface area contributed by atoms with Crippen molar-refractivity contribution in [3.63, 3.8) is 0 Å². The Balaban J connectivity index is 0.00000231. The number of halogens is 2. The lowest BCUT2D eigenvalue weighted by molar-refractivity contribution is 0.173. The molecule has 3 aromatic rings. The fraction of sp³-hybridized carbons (Fsp3) is 0.280. The van der Waals surface area contributed by atoms with E-state index in [1.54, 1.807) is 0 Å². The highest BCUT2D eigenvalue weighted by atomic mass is 35.5. The monoisotopic (exact) mass is 441 g/mol. The molecule has 0 radical (unpaired) electrons. The van der Waals surface area contributed by atoms with Crippen LogP contribution in [0.4, 0.5) is 4.39 Å². The Morgan fingerprint density at radius 2 is 1.61 bits per heavy atom. The second-order valence-electron chi connectivity index (χ2n) is 7.81. The van der Waals surface area contributed by atoms with Gasteiger partial charge >= 0.3 is 0 Å². The van der Waals surface area contributed by atoms with Gasteiger partial charge in [-0.2, -0.15) is 0 Å². The van der Waals surface area contributed by atoms with Crippen molar-refractivity contribution in [2.75, 3.05) is 26.5 Å². The van der Waals surface area contributed by atoms with Gasteiger partial charge in [-0.15, -0.1) is 12.4 Å². The molecule has 2 atom stereocenters. The standard InChI is InChI=1S/C25H24FNO3.ClH/c26-21-7-5-18(6-8-21)17-1-3-19(4-2-17)23-11-12-27-14-20(23)15-28-22-9-10-24-25(13-22)30-16-29-24;/h1-10,13,20,23,27H,11-12,14-16H2;1H/t20-,23?;/m0./s1. The van der Waals surface area contributed by atoms with E-state index in [-0.39, 0.29) is 25.0 Å². The molecule has 6 heteroatoms. The zero-order valence-electron chi connectivity index (χ0n) is 17.1. The molecule has 0 bridgehead atoms. The van der Waals surface area contributed by atoms with Gasteiger partial charge in [0.05, 0.1) is 6.61 Å². The first-order valence-electron chi connectivity index (χ1n) is 10.4. The minimum atomic E-state index is -0.213. The number of benzene rings is 3. The van der Waals surface area contributed by atoms with Crippen LogP contribution in [0.3, 0.4) is 0 Å². The summed E-state index contributed by atoms with van der Waals surface area (Å²) in [5, 5.41) is 3.49. The molecule has 1 unspecified atom stereocenters. The van der Waals surface area contributed by atoms with Crippen LogP contribution < -0.4 is 19.5 Å². The SMILES string of the molecule is Cl.Fc1ccc(-c2ccc(C3CCNC[C@H]3COc3ccc4c(c3)OCO4)cc2)cc1. The van der Waals surface area contributed by atoms with E-state index in [2.05, 4.69) is 29.6 Å². The second-order valence-corrected chi connectivity index (χ2v) is 7.81. The topological polar surface area (TPSA) is 39.7 Å². The van der Waals surface area contributed by atoms with Gasteiger partial charge in [-0.25, -0.2) is 4.39 Å². The average Bonchev–Trinajstić information content (AvgIpc) is 3.27. The summed E-state index contributed by atoms with van der Waals surface area (Å²) < 4.78 is 30.1. The Kier molecular flexibility index (Phi) is 6.64. The van der Waals surface area contributed by atoms with Gasteiger partial charge in [0, 0.05) is 18.5 Å². The lowest BCUT2D eigenvalue weighted by atomic mass is 9.81. The maximum absolute atomic E-state index is 13.2. The molecule has 1 fully saturated rings. The molecule has 0 spiro atoms. The Morgan fingerprint density at radius 3 is 2.39 bits per heavy atom. The predicted molar refractivity (Wildman–Crippen MR) is 121 cm³/mol. The summed E-state index contributed by atoms with van der Waals surface area (Å²) >= 11 is 0. The first-order valence-corrected chi connectivity index (χ1v) is 10.4. The number of rotatable bonds is 5. The molecule has 162 valence electrons. The summed E-state index contributed by atoms with van der Waals surface area (Å²) in [4.78, 5) is 0. The predicted octanol–water partition coefficient (Wildman–Crippen LogP) is 5.42. The smallest absolute Gasteiger partial charge is 0.231 e. The Labute approximate surface area is 187 Å². The number of fused-ring (bicyclic) bond motifs is 1. The number of hydrogen-bond donors (Lipinski definition) is 1. The van der Waals surface area contributed by atoms with E-state index in [9.17, 15) is 4.39 Å². The van der Waals surface area contributed by atoms with Crippen molar-refractivity contribution in [1.29, 1.82) is 0 Å². The maximum Gasteiger partial charge on any atom is 0.231 e. The van der Waals surface area contributed by atoms with Crippen LogP contribution in [0.5, 0.6) is 17.2 Å². The molecule has 2 heterocycles. The molecule has 2 aliphatic heterocycles. The van der Waals surface area contributed by atoms with Crippen molar-refractivity contribution >= 4 is 12.4 Å². The van der Waals surface area contributed by atoms with E-state index in [0.717, 1.165) is 47.9 Å². The third kappa shape index (κ3) is 4.78. The lowest BCUT2D eigenvalue weighted by Gasteiger charge is -2.32. The van der Waals surface area contributed by atoms with Crippen LogP contribution in [0.15, 0.2) is 66.7 Å². The fourth-order valence-electron chi connectivity index (χ4n) is 4.27. The summed E-state index contributed by atoms with van der Waals surface area (Å²) in [6.07, 6.45) is 1.07. The van der Waals surface area contributed by atoms with Crippen LogP contribution in [-0.4, -0.2) is 26.5 Å². The zero-order chi connectivity index (χ0) is 20.3. The minimum Gasteiger partial charge on any atom is -0.493 e. The van der Waals surface area contributed by atoms with E-state index < -0.39 is 0 Å². The third-order valence-electron chi connectivity index (χ3n) is 5.93.